The number of hydrogen-bond acceptors (Lipinski definition) is 4. The second kappa shape index (κ2) is 7.35. The second-order valence-corrected chi connectivity index (χ2v) is 7.24. The summed E-state index contributed by atoms with van der Waals surface area (Å²) in [7, 11) is 0. The molecule has 5 nitrogen and oxygen atoms in total. The van der Waals surface area contributed by atoms with Gasteiger partial charge in [0.2, 0.25) is 0 Å². The van der Waals surface area contributed by atoms with Crippen LogP contribution in [0.1, 0.15) is 52.4 Å². The van der Waals surface area contributed by atoms with Crippen molar-refractivity contribution in [2.24, 2.45) is 4.99 Å². The summed E-state index contributed by atoms with van der Waals surface area (Å²) in [6, 6.07) is 7.40. The minimum atomic E-state index is 0.0673. The van der Waals surface area contributed by atoms with Crippen LogP contribution in [0.15, 0.2) is 29.3 Å². The predicted octanol–water partition coefficient (Wildman–Crippen LogP) is 3.55. The van der Waals surface area contributed by atoms with Crippen LogP contribution in [0.25, 0.3) is 0 Å². The van der Waals surface area contributed by atoms with Gasteiger partial charge in [-0.1, -0.05) is 11.3 Å². The van der Waals surface area contributed by atoms with Crippen molar-refractivity contribution in [2.45, 2.75) is 40.2 Å². The highest BCUT2D eigenvalue weighted by Crippen LogP contribution is 2.18. The van der Waals surface area contributed by atoms with Gasteiger partial charge in [0.25, 0.3) is 5.91 Å². The highest BCUT2D eigenvalue weighted by Gasteiger charge is 2.19. The lowest BCUT2D eigenvalue weighted by molar-refractivity contribution is 0.0792. The fourth-order valence-corrected chi connectivity index (χ4v) is 4.27. The molecule has 6 heteroatoms. The summed E-state index contributed by atoms with van der Waals surface area (Å²) in [5.74, 6) is 0.163. The van der Waals surface area contributed by atoms with Gasteiger partial charge >= 0.3 is 0 Å². The number of nitrogens with zero attached hydrogens (tertiary/aromatic N) is 3. The van der Waals surface area contributed by atoms with Crippen LogP contribution in [-0.2, 0) is 6.54 Å². The summed E-state index contributed by atoms with van der Waals surface area (Å²) in [5.41, 5.74) is 2.45. The smallest absolute Gasteiger partial charge is 0.253 e. The largest absolute Gasteiger partial charge is 0.339 e. The molecule has 1 amide bonds. The first-order valence-corrected chi connectivity index (χ1v) is 9.48. The molecule has 1 aromatic heterocycles. The molecule has 0 N–H and O–H groups in total. The quantitative estimate of drug-likeness (QED) is 0.786. The van der Waals surface area contributed by atoms with Crippen LogP contribution in [0.5, 0.6) is 0 Å². The molecule has 0 radical (unpaired) electrons. The lowest BCUT2D eigenvalue weighted by atomic mass is 10.2. The lowest BCUT2D eigenvalue weighted by Gasteiger charge is -2.14. The molecule has 0 bridgehead atoms. The number of benzene rings is 1. The third-order valence-corrected chi connectivity index (χ3v) is 5.81. The van der Waals surface area contributed by atoms with Gasteiger partial charge in [0, 0.05) is 37.8 Å². The van der Waals surface area contributed by atoms with Crippen molar-refractivity contribution in [3.8, 4) is 0 Å². The summed E-state index contributed by atoms with van der Waals surface area (Å²) in [5, 5.41) is 0. The minimum Gasteiger partial charge on any atom is -0.339 e. The lowest BCUT2D eigenvalue weighted by Crippen LogP contribution is -2.27. The molecule has 1 aromatic carbocycles. The fraction of sp³-hybridized carbons (Fsp3) is 0.421. The van der Waals surface area contributed by atoms with Crippen LogP contribution in [0.4, 0.5) is 5.69 Å². The van der Waals surface area contributed by atoms with Crippen molar-refractivity contribution in [3.05, 3.63) is 45.2 Å². The normalized spacial score (nSPS) is 15.0. The van der Waals surface area contributed by atoms with Crippen LogP contribution in [0.3, 0.4) is 0 Å². The fourth-order valence-electron chi connectivity index (χ4n) is 3.16. The van der Waals surface area contributed by atoms with Crippen LogP contribution < -0.4 is 4.80 Å². The SMILES string of the molecule is CCn1c(C)c(C(C)=O)s/c1=N/c1ccc(C(=O)N2CCCC2)cc1. The van der Waals surface area contributed by atoms with Crippen molar-refractivity contribution in [1.82, 2.24) is 9.47 Å². The number of rotatable bonds is 4. The Morgan fingerprint density at radius 1 is 1.16 bits per heavy atom. The number of hydrogen-bond donors (Lipinski definition) is 0. The molecule has 2 aromatic rings. The predicted molar refractivity (Wildman–Crippen MR) is 99.5 cm³/mol. The number of ketones is 1. The molecule has 1 fully saturated rings. The van der Waals surface area contributed by atoms with E-state index in [0.29, 0.717) is 5.56 Å². The zero-order valence-electron chi connectivity index (χ0n) is 14.9. The molecular formula is C19H23N3O2S. The standard InChI is InChI=1S/C19H23N3O2S/c1-4-22-13(2)17(14(3)23)25-19(22)20-16-9-7-15(8-10-16)18(24)21-11-5-6-12-21/h7-10H,4-6,11-12H2,1-3H3/b20-19+. The van der Waals surface area contributed by atoms with Gasteiger partial charge in [0.15, 0.2) is 10.6 Å². The zero-order valence-corrected chi connectivity index (χ0v) is 15.7. The first kappa shape index (κ1) is 17.6. The van der Waals surface area contributed by atoms with Gasteiger partial charge in [-0.25, -0.2) is 4.99 Å². The summed E-state index contributed by atoms with van der Waals surface area (Å²) in [6.45, 7) is 8.04. The molecule has 0 spiro atoms. The number of amides is 1. The zero-order chi connectivity index (χ0) is 18.0. The van der Waals surface area contributed by atoms with Gasteiger partial charge in [-0.05, 0) is 51.0 Å². The first-order chi connectivity index (χ1) is 12.0. The number of likely N-dealkylation sites (tertiary alicyclic amines) is 1. The van der Waals surface area contributed by atoms with E-state index in [4.69, 9.17) is 0 Å². The van der Waals surface area contributed by atoms with E-state index >= 15 is 0 Å². The van der Waals surface area contributed by atoms with E-state index in [1.165, 1.54) is 11.3 Å². The van der Waals surface area contributed by atoms with E-state index in [9.17, 15) is 9.59 Å². The molecule has 0 saturated carbocycles. The molecule has 3 rings (SSSR count). The third kappa shape index (κ3) is 3.58. The summed E-state index contributed by atoms with van der Waals surface area (Å²) in [6.07, 6.45) is 2.18. The molecule has 2 heterocycles. The van der Waals surface area contributed by atoms with Gasteiger partial charge in [0.05, 0.1) is 10.6 Å². The van der Waals surface area contributed by atoms with Gasteiger partial charge < -0.3 is 9.47 Å². The Kier molecular flexibility index (Phi) is 5.18. The van der Waals surface area contributed by atoms with Crippen molar-refractivity contribution in [1.29, 1.82) is 0 Å². The Morgan fingerprint density at radius 3 is 2.36 bits per heavy atom. The van der Waals surface area contributed by atoms with Crippen LogP contribution in [0.2, 0.25) is 0 Å². The average molecular weight is 357 g/mol. The van der Waals surface area contributed by atoms with Crippen molar-refractivity contribution < 1.29 is 9.59 Å². The number of aromatic nitrogens is 1. The maximum atomic E-state index is 12.4. The molecule has 0 unspecified atom stereocenters. The Labute approximate surface area is 151 Å². The van der Waals surface area contributed by atoms with Gasteiger partial charge in [-0.2, -0.15) is 0 Å². The highest BCUT2D eigenvalue weighted by atomic mass is 32.1. The molecule has 0 aliphatic carbocycles. The molecule has 0 atom stereocenters. The van der Waals surface area contributed by atoms with E-state index in [-0.39, 0.29) is 11.7 Å². The molecule has 1 aliphatic rings. The Bertz CT molecular complexity index is 856. The monoisotopic (exact) mass is 357 g/mol. The molecule has 132 valence electrons. The van der Waals surface area contributed by atoms with Crippen LogP contribution in [-0.4, -0.2) is 34.2 Å². The first-order valence-electron chi connectivity index (χ1n) is 8.66. The Hall–Kier alpha value is -2.21. The van der Waals surface area contributed by atoms with E-state index in [2.05, 4.69) is 4.99 Å². The summed E-state index contributed by atoms with van der Waals surface area (Å²) >= 11 is 1.42. The average Bonchev–Trinajstić information content (AvgIpc) is 3.23. The number of carbonyl (C=O) groups excluding carboxylic acids is 2. The molecular weight excluding hydrogens is 334 g/mol. The van der Waals surface area contributed by atoms with E-state index in [1.54, 1.807) is 6.92 Å². The van der Waals surface area contributed by atoms with Gasteiger partial charge in [-0.3, -0.25) is 9.59 Å². The second-order valence-electron chi connectivity index (χ2n) is 6.26. The molecule has 25 heavy (non-hydrogen) atoms. The Morgan fingerprint density at radius 2 is 1.80 bits per heavy atom. The van der Waals surface area contributed by atoms with E-state index in [1.807, 2.05) is 47.6 Å². The number of Topliss-reactive ketones (excluding diaryl/α,β-unsaturated/α-hetero) is 1. The maximum absolute atomic E-state index is 12.4. The maximum Gasteiger partial charge on any atom is 0.253 e. The van der Waals surface area contributed by atoms with Gasteiger partial charge in [-0.15, -0.1) is 0 Å². The molecule has 1 saturated heterocycles. The van der Waals surface area contributed by atoms with E-state index < -0.39 is 0 Å². The minimum absolute atomic E-state index is 0.0673. The van der Waals surface area contributed by atoms with Gasteiger partial charge in [0.1, 0.15) is 0 Å². The highest BCUT2D eigenvalue weighted by molar-refractivity contribution is 7.11. The van der Waals surface area contributed by atoms with E-state index in [0.717, 1.165) is 53.5 Å². The molecule has 1 aliphatic heterocycles. The van der Waals surface area contributed by atoms with Crippen LogP contribution in [0, 0.1) is 6.92 Å². The summed E-state index contributed by atoms with van der Waals surface area (Å²) < 4.78 is 2.05. The van der Waals surface area contributed by atoms with Crippen LogP contribution >= 0.6 is 11.3 Å². The van der Waals surface area contributed by atoms with Crippen molar-refractivity contribution in [2.75, 3.05) is 13.1 Å². The Balaban J connectivity index is 1.90. The number of carbonyl (C=O) groups is 2. The third-order valence-electron chi connectivity index (χ3n) is 4.53. The number of thiazole rings is 1. The van der Waals surface area contributed by atoms with Crippen molar-refractivity contribution in [3.63, 3.8) is 0 Å². The van der Waals surface area contributed by atoms with Crippen molar-refractivity contribution >= 4 is 28.7 Å². The topological polar surface area (TPSA) is 54.7 Å². The summed E-state index contributed by atoms with van der Waals surface area (Å²) in [4.78, 5) is 32.3.